The summed E-state index contributed by atoms with van der Waals surface area (Å²) in [6.45, 7) is 2.83. The van der Waals surface area contributed by atoms with Crippen molar-refractivity contribution in [3.8, 4) is 0 Å². The molecule has 5 nitrogen and oxygen atoms in total. The Labute approximate surface area is 113 Å². The highest BCUT2D eigenvalue weighted by Crippen LogP contribution is 2.08. The summed E-state index contributed by atoms with van der Waals surface area (Å²) in [6, 6.07) is 3.63. The van der Waals surface area contributed by atoms with E-state index in [1.807, 2.05) is 19.2 Å². The Morgan fingerprint density at radius 1 is 1.67 bits per heavy atom. The summed E-state index contributed by atoms with van der Waals surface area (Å²) in [4.78, 5) is 11.8. The molecule has 96 valence electrons. The van der Waals surface area contributed by atoms with E-state index in [0.29, 0.717) is 13.1 Å². The molecular weight excluding hydrogens is 298 g/mol. The van der Waals surface area contributed by atoms with Crippen molar-refractivity contribution in [2.24, 2.45) is 5.92 Å². The van der Waals surface area contributed by atoms with E-state index in [4.69, 9.17) is 4.42 Å². The molecule has 0 aliphatic heterocycles. The number of carbonyl (C=O) groups excluding carboxylic acids is 1. The van der Waals surface area contributed by atoms with Gasteiger partial charge in [-0.25, -0.2) is 0 Å². The summed E-state index contributed by atoms with van der Waals surface area (Å²) in [7, 11) is 0. The van der Waals surface area contributed by atoms with Crippen molar-refractivity contribution in [3.05, 3.63) is 41.0 Å². The first-order valence-electron chi connectivity index (χ1n) is 5.63. The van der Waals surface area contributed by atoms with E-state index < -0.39 is 0 Å². The van der Waals surface area contributed by atoms with Crippen LogP contribution >= 0.6 is 15.9 Å². The molecule has 0 radical (unpaired) electrons. The highest BCUT2D eigenvalue weighted by molar-refractivity contribution is 9.10. The summed E-state index contributed by atoms with van der Waals surface area (Å²) in [5, 5.41) is 6.95. The fourth-order valence-electron chi connectivity index (χ4n) is 1.56. The minimum atomic E-state index is -0.147. The van der Waals surface area contributed by atoms with E-state index in [0.717, 1.165) is 10.2 Å². The topological polar surface area (TPSA) is 60.1 Å². The van der Waals surface area contributed by atoms with Crippen molar-refractivity contribution in [1.29, 1.82) is 0 Å². The third-order valence-electron chi connectivity index (χ3n) is 2.53. The minimum absolute atomic E-state index is 0.0157. The summed E-state index contributed by atoms with van der Waals surface area (Å²) >= 11 is 3.32. The lowest BCUT2D eigenvalue weighted by Crippen LogP contribution is -2.31. The number of nitrogens with one attached hydrogen (secondary N) is 1. The predicted molar refractivity (Wildman–Crippen MR) is 69.6 cm³/mol. The maximum atomic E-state index is 11.8. The van der Waals surface area contributed by atoms with Gasteiger partial charge in [0.1, 0.15) is 5.76 Å². The second-order valence-corrected chi connectivity index (χ2v) is 4.99. The maximum absolute atomic E-state index is 11.8. The molecule has 0 aromatic carbocycles. The van der Waals surface area contributed by atoms with Gasteiger partial charge in [-0.1, -0.05) is 6.92 Å². The molecule has 2 aromatic heterocycles. The van der Waals surface area contributed by atoms with Crippen LogP contribution in [0.15, 0.2) is 39.7 Å². The second-order valence-electron chi connectivity index (χ2n) is 4.08. The smallest absolute Gasteiger partial charge is 0.225 e. The molecule has 0 bridgehead atoms. The quantitative estimate of drug-likeness (QED) is 0.920. The molecule has 0 aliphatic carbocycles. The molecule has 0 saturated heterocycles. The fraction of sp³-hybridized carbons (Fsp3) is 0.333. The van der Waals surface area contributed by atoms with Crippen LogP contribution < -0.4 is 5.32 Å². The largest absolute Gasteiger partial charge is 0.467 e. The lowest BCUT2D eigenvalue weighted by molar-refractivity contribution is -0.125. The van der Waals surface area contributed by atoms with Gasteiger partial charge in [-0.15, -0.1) is 0 Å². The van der Waals surface area contributed by atoms with E-state index >= 15 is 0 Å². The molecule has 0 saturated carbocycles. The van der Waals surface area contributed by atoms with E-state index in [1.54, 1.807) is 23.2 Å². The average Bonchev–Trinajstić information content (AvgIpc) is 2.97. The lowest BCUT2D eigenvalue weighted by Gasteiger charge is -2.11. The molecule has 2 heterocycles. The first kappa shape index (κ1) is 12.9. The van der Waals surface area contributed by atoms with Gasteiger partial charge in [-0.2, -0.15) is 5.10 Å². The van der Waals surface area contributed by atoms with Crippen LogP contribution in [0.5, 0.6) is 0 Å². The Hall–Kier alpha value is -1.56. The zero-order chi connectivity index (χ0) is 13.0. The Balaban J connectivity index is 1.81. The number of amides is 1. The molecule has 18 heavy (non-hydrogen) atoms. The summed E-state index contributed by atoms with van der Waals surface area (Å²) in [6.07, 6.45) is 5.13. The number of aromatic nitrogens is 2. The Kier molecular flexibility index (Phi) is 4.19. The number of halogens is 1. The molecule has 0 fully saturated rings. The number of furan rings is 1. The monoisotopic (exact) mass is 311 g/mol. The third-order valence-corrected chi connectivity index (χ3v) is 2.94. The molecule has 2 aromatic rings. The third kappa shape index (κ3) is 3.46. The van der Waals surface area contributed by atoms with Crippen LogP contribution in [0.25, 0.3) is 0 Å². The molecule has 6 heteroatoms. The van der Waals surface area contributed by atoms with E-state index in [9.17, 15) is 4.79 Å². The van der Waals surface area contributed by atoms with Gasteiger partial charge in [0.25, 0.3) is 0 Å². The molecular formula is C12H14BrN3O2. The number of carbonyl (C=O) groups is 1. The predicted octanol–water partition coefficient (Wildman–Crippen LogP) is 2.19. The average molecular weight is 312 g/mol. The molecule has 2 rings (SSSR count). The molecule has 1 N–H and O–H groups in total. The lowest BCUT2D eigenvalue weighted by atomic mass is 10.1. The number of nitrogens with zero attached hydrogens (tertiary/aromatic N) is 2. The van der Waals surface area contributed by atoms with E-state index in [2.05, 4.69) is 26.3 Å². The van der Waals surface area contributed by atoms with Gasteiger partial charge in [0.2, 0.25) is 5.91 Å². The van der Waals surface area contributed by atoms with Gasteiger partial charge in [0.15, 0.2) is 0 Å². The Morgan fingerprint density at radius 2 is 2.50 bits per heavy atom. The van der Waals surface area contributed by atoms with Gasteiger partial charge in [0.05, 0.1) is 35.9 Å². The van der Waals surface area contributed by atoms with Crippen LogP contribution in [0.4, 0.5) is 0 Å². The van der Waals surface area contributed by atoms with Crippen LogP contribution in [-0.2, 0) is 17.9 Å². The Bertz CT molecular complexity index is 507. The van der Waals surface area contributed by atoms with Crippen molar-refractivity contribution in [2.45, 2.75) is 20.0 Å². The van der Waals surface area contributed by atoms with Crippen molar-refractivity contribution in [1.82, 2.24) is 15.1 Å². The minimum Gasteiger partial charge on any atom is -0.467 e. The van der Waals surface area contributed by atoms with Gasteiger partial charge >= 0.3 is 0 Å². The molecule has 0 spiro atoms. The fourth-order valence-corrected chi connectivity index (χ4v) is 1.89. The number of hydrogen-bond donors (Lipinski definition) is 1. The van der Waals surface area contributed by atoms with Crippen LogP contribution in [0.3, 0.4) is 0 Å². The Morgan fingerprint density at radius 3 is 3.11 bits per heavy atom. The first-order valence-corrected chi connectivity index (χ1v) is 6.42. The second kappa shape index (κ2) is 5.86. The molecule has 1 amide bonds. The summed E-state index contributed by atoms with van der Waals surface area (Å²) in [5.74, 6) is 0.585. The van der Waals surface area contributed by atoms with Crippen LogP contribution in [0, 0.1) is 5.92 Å². The normalized spacial score (nSPS) is 12.3. The van der Waals surface area contributed by atoms with E-state index in [-0.39, 0.29) is 11.8 Å². The standard InChI is InChI=1S/C12H14BrN3O2/c1-9(7-16-8-10(13)5-15-16)12(17)14-6-11-3-2-4-18-11/h2-5,8-9H,6-7H2,1H3,(H,14,17). The van der Waals surface area contributed by atoms with Crippen molar-refractivity contribution in [2.75, 3.05) is 0 Å². The van der Waals surface area contributed by atoms with E-state index in [1.165, 1.54) is 0 Å². The van der Waals surface area contributed by atoms with Gasteiger partial charge < -0.3 is 9.73 Å². The molecule has 1 atom stereocenters. The van der Waals surface area contributed by atoms with Gasteiger partial charge in [0, 0.05) is 6.20 Å². The summed E-state index contributed by atoms with van der Waals surface area (Å²) < 4.78 is 7.79. The van der Waals surface area contributed by atoms with Crippen molar-refractivity contribution < 1.29 is 9.21 Å². The SMILES string of the molecule is CC(Cn1cc(Br)cn1)C(=O)NCc1ccco1. The maximum Gasteiger partial charge on any atom is 0.225 e. The first-order chi connectivity index (χ1) is 8.65. The zero-order valence-electron chi connectivity index (χ0n) is 9.97. The zero-order valence-corrected chi connectivity index (χ0v) is 11.6. The summed E-state index contributed by atoms with van der Waals surface area (Å²) in [5.41, 5.74) is 0. The van der Waals surface area contributed by atoms with Gasteiger partial charge in [-0.3, -0.25) is 9.48 Å². The molecule has 1 unspecified atom stereocenters. The van der Waals surface area contributed by atoms with Crippen LogP contribution in [-0.4, -0.2) is 15.7 Å². The van der Waals surface area contributed by atoms with Crippen molar-refractivity contribution in [3.63, 3.8) is 0 Å². The molecule has 0 aliphatic rings. The van der Waals surface area contributed by atoms with Crippen LogP contribution in [0.1, 0.15) is 12.7 Å². The highest BCUT2D eigenvalue weighted by Gasteiger charge is 2.14. The van der Waals surface area contributed by atoms with Crippen LogP contribution in [0.2, 0.25) is 0 Å². The highest BCUT2D eigenvalue weighted by atomic mass is 79.9. The number of hydrogen-bond acceptors (Lipinski definition) is 3. The van der Waals surface area contributed by atoms with Crippen molar-refractivity contribution >= 4 is 21.8 Å². The number of rotatable bonds is 5. The van der Waals surface area contributed by atoms with Gasteiger partial charge in [-0.05, 0) is 28.1 Å².